The van der Waals surface area contributed by atoms with E-state index < -0.39 is 0 Å². The Hall–Kier alpha value is -0.310. The van der Waals surface area contributed by atoms with Crippen molar-refractivity contribution in [2.24, 2.45) is 0 Å². The standard InChI is InChI=1S/C3HBrNO/c4-3-5-1-2-6-3/h1H. The second-order valence-corrected chi connectivity index (χ2v) is 1.41. The van der Waals surface area contributed by atoms with Gasteiger partial charge in [-0.15, -0.1) is 0 Å². The summed E-state index contributed by atoms with van der Waals surface area (Å²) in [7, 11) is 0. The van der Waals surface area contributed by atoms with Crippen molar-refractivity contribution in [3.05, 3.63) is 17.3 Å². The summed E-state index contributed by atoms with van der Waals surface area (Å²) in [6.45, 7) is 0. The normalized spacial score (nSPS) is 8.83. The Kier molecular flexibility index (Phi) is 0.919. The maximum atomic E-state index is 4.51. The molecular weight excluding hydrogens is 146 g/mol. The van der Waals surface area contributed by atoms with Gasteiger partial charge in [0, 0.05) is 15.9 Å². The van der Waals surface area contributed by atoms with E-state index in [2.05, 4.69) is 31.6 Å². The first-order valence-electron chi connectivity index (χ1n) is 1.37. The molecule has 1 rings (SSSR count). The third-order valence-corrected chi connectivity index (χ3v) is 0.729. The molecule has 0 bridgehead atoms. The summed E-state index contributed by atoms with van der Waals surface area (Å²) in [4.78, 5) is 4.09. The number of nitrogens with zero attached hydrogens (tertiary/aromatic N) is 1. The Labute approximate surface area is 43.3 Å². The Balaban J connectivity index is 3.05. The molecule has 0 unspecified atom stereocenters. The zero-order chi connectivity index (χ0) is 4.41. The third-order valence-electron chi connectivity index (χ3n) is 0.362. The van der Waals surface area contributed by atoms with Crippen LogP contribution in [0.5, 0.6) is 0 Å². The summed E-state index contributed by atoms with van der Waals surface area (Å²) in [5.74, 6) is 0. The first-order valence-corrected chi connectivity index (χ1v) is 2.16. The predicted molar refractivity (Wildman–Crippen MR) is 23.0 cm³/mol. The van der Waals surface area contributed by atoms with Gasteiger partial charge in [-0.05, 0) is 0 Å². The highest BCUT2D eigenvalue weighted by Gasteiger charge is 1.81. The van der Waals surface area contributed by atoms with Gasteiger partial charge in [0.25, 0.3) is 4.80 Å². The van der Waals surface area contributed by atoms with Gasteiger partial charge in [-0.25, -0.2) is 4.98 Å². The lowest BCUT2D eigenvalue weighted by Gasteiger charge is -1.63. The second kappa shape index (κ2) is 1.43. The van der Waals surface area contributed by atoms with E-state index in [4.69, 9.17) is 0 Å². The largest absolute Gasteiger partial charge is 0.428 e. The molecule has 31 valence electrons. The smallest absolute Gasteiger partial charge is 0.264 e. The Morgan fingerprint density at radius 2 is 2.83 bits per heavy atom. The van der Waals surface area contributed by atoms with Crippen molar-refractivity contribution < 1.29 is 4.42 Å². The van der Waals surface area contributed by atoms with Crippen molar-refractivity contribution >= 4 is 15.9 Å². The van der Waals surface area contributed by atoms with E-state index in [0.29, 0.717) is 4.80 Å². The highest BCUT2D eigenvalue weighted by Crippen LogP contribution is 2.00. The summed E-state index contributed by atoms with van der Waals surface area (Å²) < 4.78 is 4.51. The topological polar surface area (TPSA) is 26.0 Å². The van der Waals surface area contributed by atoms with Crippen LogP contribution in [0.1, 0.15) is 0 Å². The molecule has 0 aromatic carbocycles. The Bertz CT molecular complexity index is 114. The number of hydrogen-bond donors (Lipinski definition) is 0. The van der Waals surface area contributed by atoms with Gasteiger partial charge in [-0.2, -0.15) is 0 Å². The van der Waals surface area contributed by atoms with E-state index in [0.717, 1.165) is 0 Å². The van der Waals surface area contributed by atoms with Crippen molar-refractivity contribution in [1.29, 1.82) is 0 Å². The zero-order valence-electron chi connectivity index (χ0n) is 2.81. The SMILES string of the molecule is Brc1nc[c]o1. The lowest BCUT2D eigenvalue weighted by atomic mass is 11.0. The van der Waals surface area contributed by atoms with Gasteiger partial charge in [0.05, 0.1) is 6.20 Å². The van der Waals surface area contributed by atoms with Gasteiger partial charge in [0.1, 0.15) is 0 Å². The lowest BCUT2D eigenvalue weighted by Crippen LogP contribution is -1.50. The molecule has 1 radical (unpaired) electrons. The van der Waals surface area contributed by atoms with Gasteiger partial charge >= 0.3 is 0 Å². The molecule has 0 spiro atoms. The van der Waals surface area contributed by atoms with E-state index >= 15 is 0 Å². The minimum Gasteiger partial charge on any atom is -0.428 e. The Morgan fingerprint density at radius 3 is 3.00 bits per heavy atom. The van der Waals surface area contributed by atoms with Crippen molar-refractivity contribution in [3.8, 4) is 0 Å². The van der Waals surface area contributed by atoms with E-state index in [1.165, 1.54) is 6.20 Å². The molecule has 0 atom stereocenters. The van der Waals surface area contributed by atoms with Crippen LogP contribution >= 0.6 is 15.9 Å². The van der Waals surface area contributed by atoms with Gasteiger partial charge in [0.15, 0.2) is 6.26 Å². The summed E-state index contributed by atoms with van der Waals surface area (Å²) in [6.07, 6.45) is 3.84. The van der Waals surface area contributed by atoms with Crippen molar-refractivity contribution in [1.82, 2.24) is 4.98 Å². The van der Waals surface area contributed by atoms with Gasteiger partial charge in [-0.1, -0.05) is 0 Å². The molecule has 0 aliphatic carbocycles. The van der Waals surface area contributed by atoms with Crippen molar-refractivity contribution in [2.75, 3.05) is 0 Å². The van der Waals surface area contributed by atoms with Crippen LogP contribution < -0.4 is 0 Å². The van der Waals surface area contributed by atoms with Crippen LogP contribution in [0.3, 0.4) is 0 Å². The van der Waals surface area contributed by atoms with Gasteiger partial charge in [-0.3, -0.25) is 0 Å². The average Bonchev–Trinajstić information content (AvgIpc) is 1.86. The van der Waals surface area contributed by atoms with Crippen molar-refractivity contribution in [2.45, 2.75) is 0 Å². The van der Waals surface area contributed by atoms with Crippen LogP contribution in [-0.2, 0) is 0 Å². The van der Waals surface area contributed by atoms with Gasteiger partial charge < -0.3 is 4.42 Å². The van der Waals surface area contributed by atoms with Crippen LogP contribution in [0, 0.1) is 6.26 Å². The molecule has 0 saturated carbocycles. The van der Waals surface area contributed by atoms with E-state index in [9.17, 15) is 0 Å². The third kappa shape index (κ3) is 0.597. The molecular formula is C3HBrNO. The lowest BCUT2D eigenvalue weighted by molar-refractivity contribution is 0.521. The molecule has 6 heavy (non-hydrogen) atoms. The molecule has 1 aromatic heterocycles. The minimum atomic E-state index is 0.475. The van der Waals surface area contributed by atoms with Crippen molar-refractivity contribution in [3.63, 3.8) is 0 Å². The molecule has 0 aliphatic rings. The zero-order valence-corrected chi connectivity index (χ0v) is 4.40. The molecule has 0 fully saturated rings. The highest BCUT2D eigenvalue weighted by molar-refractivity contribution is 9.10. The number of oxazole rings is 1. The fraction of sp³-hybridized carbons (Fsp3) is 0. The quantitative estimate of drug-likeness (QED) is 0.551. The highest BCUT2D eigenvalue weighted by atomic mass is 79.9. The molecule has 0 N–H and O–H groups in total. The van der Waals surface area contributed by atoms with E-state index in [-0.39, 0.29) is 0 Å². The maximum absolute atomic E-state index is 4.51. The van der Waals surface area contributed by atoms with Gasteiger partial charge in [0.2, 0.25) is 0 Å². The summed E-state index contributed by atoms with van der Waals surface area (Å²) >= 11 is 2.97. The maximum Gasteiger partial charge on any atom is 0.264 e. The van der Waals surface area contributed by atoms with Crippen LogP contribution in [-0.4, -0.2) is 4.98 Å². The van der Waals surface area contributed by atoms with E-state index in [1.54, 1.807) is 0 Å². The summed E-state index contributed by atoms with van der Waals surface area (Å²) in [5.41, 5.74) is 0. The first-order chi connectivity index (χ1) is 2.89. The molecule has 2 nitrogen and oxygen atoms in total. The molecule has 1 heterocycles. The second-order valence-electron chi connectivity index (χ2n) is 0.731. The fourth-order valence-corrected chi connectivity index (χ4v) is 0.374. The average molecular weight is 147 g/mol. The summed E-state index contributed by atoms with van der Waals surface area (Å²) in [5, 5.41) is 0. The fourth-order valence-electron chi connectivity index (χ4n) is 0.178. The van der Waals surface area contributed by atoms with Crippen LogP contribution in [0.15, 0.2) is 15.4 Å². The summed E-state index contributed by atoms with van der Waals surface area (Å²) in [6, 6.07) is 0. The number of rotatable bonds is 0. The molecule has 1 aromatic rings. The number of halogens is 1. The molecule has 0 aliphatic heterocycles. The number of hydrogen-bond acceptors (Lipinski definition) is 2. The monoisotopic (exact) mass is 146 g/mol. The first kappa shape index (κ1) is 3.87. The molecule has 0 saturated heterocycles. The minimum absolute atomic E-state index is 0.475. The van der Waals surface area contributed by atoms with Crippen LogP contribution in [0.25, 0.3) is 0 Å². The van der Waals surface area contributed by atoms with Crippen LogP contribution in [0.2, 0.25) is 0 Å². The molecule has 3 heteroatoms. The number of aromatic nitrogens is 1. The Morgan fingerprint density at radius 1 is 2.00 bits per heavy atom. The van der Waals surface area contributed by atoms with E-state index in [1.807, 2.05) is 0 Å². The van der Waals surface area contributed by atoms with Crippen LogP contribution in [0.4, 0.5) is 0 Å². The predicted octanol–water partition coefficient (Wildman–Crippen LogP) is 1.24. The molecule has 0 amide bonds.